The molecule has 1 N–H and O–H groups in total. The van der Waals surface area contributed by atoms with Gasteiger partial charge in [-0.3, -0.25) is 0 Å². The fourth-order valence-electron chi connectivity index (χ4n) is 1.39. The van der Waals surface area contributed by atoms with Crippen LogP contribution in [0.25, 0.3) is 0 Å². The van der Waals surface area contributed by atoms with Crippen molar-refractivity contribution in [3.05, 3.63) is 36.1 Å². The van der Waals surface area contributed by atoms with Gasteiger partial charge in [0.05, 0.1) is 13.0 Å². The predicted molar refractivity (Wildman–Crippen MR) is 80.1 cm³/mol. The Morgan fingerprint density at radius 2 is 2.11 bits per heavy atom. The number of nitrogens with one attached hydrogen (secondary N) is 1. The normalized spacial score (nSPS) is 11.9. The van der Waals surface area contributed by atoms with Crippen LogP contribution in [-0.4, -0.2) is 8.42 Å². The molecule has 0 aliphatic heterocycles. The molecule has 0 aromatic carbocycles. The Bertz CT molecular complexity index is 662. The molecule has 0 atom stereocenters. The molecule has 0 bridgehead atoms. The molecule has 0 amide bonds. The molecule has 2 rings (SSSR count). The van der Waals surface area contributed by atoms with Gasteiger partial charge in [-0.25, -0.2) is 13.1 Å². The molecule has 0 radical (unpaired) electrons. The average Bonchev–Trinajstić information content (AvgIpc) is 2.82. The van der Waals surface area contributed by atoms with E-state index >= 15 is 0 Å². The van der Waals surface area contributed by atoms with Gasteiger partial charge in [-0.2, -0.15) is 0 Å². The maximum atomic E-state index is 12.1. The summed E-state index contributed by atoms with van der Waals surface area (Å²) in [5.74, 6) is 0. The highest BCUT2D eigenvalue weighted by molar-refractivity contribution is 9.11. The van der Waals surface area contributed by atoms with Gasteiger partial charge in [0.15, 0.2) is 0 Å². The van der Waals surface area contributed by atoms with Crippen molar-refractivity contribution in [2.75, 3.05) is 0 Å². The van der Waals surface area contributed by atoms with E-state index in [-0.39, 0.29) is 6.54 Å². The van der Waals surface area contributed by atoms with Crippen molar-refractivity contribution >= 4 is 60.2 Å². The molecule has 0 aliphatic carbocycles. The third kappa shape index (κ3) is 3.34. The van der Waals surface area contributed by atoms with Crippen LogP contribution in [0, 0.1) is 6.92 Å². The summed E-state index contributed by atoms with van der Waals surface area (Å²) in [4.78, 5) is 1.97. The lowest BCUT2D eigenvalue weighted by Gasteiger charge is -2.04. The molecule has 0 spiro atoms. The fourth-order valence-corrected chi connectivity index (χ4v) is 5.93. The molecule has 3 nitrogen and oxygen atoms in total. The summed E-state index contributed by atoms with van der Waals surface area (Å²) in [5.41, 5.74) is 0. The Labute approximate surface area is 127 Å². The van der Waals surface area contributed by atoms with E-state index in [2.05, 4.69) is 20.7 Å². The van der Waals surface area contributed by atoms with Gasteiger partial charge >= 0.3 is 0 Å². The van der Waals surface area contributed by atoms with Gasteiger partial charge in [0.2, 0.25) is 10.0 Å². The van der Waals surface area contributed by atoms with Crippen LogP contribution in [0.1, 0.15) is 9.75 Å². The Morgan fingerprint density at radius 3 is 2.61 bits per heavy atom. The highest BCUT2D eigenvalue weighted by Gasteiger charge is 2.19. The summed E-state index contributed by atoms with van der Waals surface area (Å²) in [6.45, 7) is 2.04. The molecule has 2 aromatic heterocycles. The van der Waals surface area contributed by atoms with Crippen molar-refractivity contribution in [1.82, 2.24) is 4.72 Å². The summed E-state index contributed by atoms with van der Waals surface area (Å²) >= 11 is 11.8. The van der Waals surface area contributed by atoms with Crippen LogP contribution < -0.4 is 4.72 Å². The van der Waals surface area contributed by atoms with Crippen LogP contribution in [0.15, 0.2) is 26.9 Å². The summed E-state index contributed by atoms with van der Waals surface area (Å²) in [6, 6.07) is 5.18. The van der Waals surface area contributed by atoms with Crippen molar-refractivity contribution in [3.8, 4) is 0 Å². The molecular formula is C10H9BrClNO2S3. The third-order valence-corrected chi connectivity index (χ3v) is 6.64. The van der Waals surface area contributed by atoms with Crippen molar-refractivity contribution in [3.63, 3.8) is 0 Å². The molecule has 98 valence electrons. The van der Waals surface area contributed by atoms with Crippen molar-refractivity contribution in [2.45, 2.75) is 18.4 Å². The maximum absolute atomic E-state index is 12.1. The lowest BCUT2D eigenvalue weighted by Crippen LogP contribution is -2.22. The topological polar surface area (TPSA) is 46.2 Å². The minimum Gasteiger partial charge on any atom is -0.207 e. The zero-order valence-corrected chi connectivity index (χ0v) is 14.0. The van der Waals surface area contributed by atoms with Crippen LogP contribution >= 0.6 is 50.2 Å². The van der Waals surface area contributed by atoms with E-state index in [1.165, 1.54) is 22.7 Å². The second-order valence-corrected chi connectivity index (χ2v) is 9.67. The number of thiophene rings is 2. The van der Waals surface area contributed by atoms with Gasteiger partial charge in [-0.05, 0) is 41.1 Å². The molecule has 8 heteroatoms. The largest absolute Gasteiger partial charge is 0.242 e. The van der Waals surface area contributed by atoms with Gasteiger partial charge < -0.3 is 0 Å². The number of halogens is 2. The molecule has 2 heterocycles. The molecule has 0 unspecified atom stereocenters. The number of aryl methyl sites for hydroxylation is 1. The Hall–Kier alpha value is 0.0800. The van der Waals surface area contributed by atoms with Crippen LogP contribution in [0.2, 0.25) is 4.34 Å². The van der Waals surface area contributed by atoms with Gasteiger partial charge in [-0.15, -0.1) is 22.7 Å². The van der Waals surface area contributed by atoms with E-state index < -0.39 is 10.0 Å². The number of rotatable bonds is 4. The SMILES string of the molecule is Cc1sc(Br)cc1S(=O)(=O)NCc1ccc(Cl)s1. The number of hydrogen-bond donors (Lipinski definition) is 1. The molecule has 2 aromatic rings. The van der Waals surface area contributed by atoms with Crippen LogP contribution in [0.5, 0.6) is 0 Å². The first-order valence-electron chi connectivity index (χ1n) is 4.88. The van der Waals surface area contributed by atoms with Gasteiger partial charge in [-0.1, -0.05) is 11.6 Å². The number of sulfonamides is 1. The van der Waals surface area contributed by atoms with E-state index in [0.29, 0.717) is 9.23 Å². The fraction of sp³-hybridized carbons (Fsp3) is 0.200. The first kappa shape index (κ1) is 14.5. The summed E-state index contributed by atoms with van der Waals surface area (Å²) < 4.78 is 28.2. The zero-order valence-electron chi connectivity index (χ0n) is 9.24. The Kier molecular flexibility index (Phi) is 4.51. The lowest BCUT2D eigenvalue weighted by atomic mass is 10.5. The van der Waals surface area contributed by atoms with Crippen LogP contribution in [0.3, 0.4) is 0 Å². The molecule has 18 heavy (non-hydrogen) atoms. The molecule has 0 fully saturated rings. The minimum atomic E-state index is -3.47. The first-order valence-corrected chi connectivity index (χ1v) is 9.17. The first-order chi connectivity index (χ1) is 8.38. The highest BCUT2D eigenvalue weighted by atomic mass is 79.9. The standard InChI is InChI=1S/C10H9BrClNO2S3/c1-6-8(4-9(11)16-6)18(14,15)13-5-7-2-3-10(12)17-7/h2-4,13H,5H2,1H3. The van der Waals surface area contributed by atoms with Crippen molar-refractivity contribution in [1.29, 1.82) is 0 Å². The van der Waals surface area contributed by atoms with E-state index in [1.54, 1.807) is 19.1 Å². The monoisotopic (exact) mass is 385 g/mol. The second-order valence-electron chi connectivity index (χ2n) is 3.50. The van der Waals surface area contributed by atoms with Gasteiger partial charge in [0, 0.05) is 16.3 Å². The molecule has 0 aliphatic rings. The summed E-state index contributed by atoms with van der Waals surface area (Å²) in [5, 5.41) is 0. The highest BCUT2D eigenvalue weighted by Crippen LogP contribution is 2.30. The number of hydrogen-bond acceptors (Lipinski definition) is 4. The van der Waals surface area contributed by atoms with E-state index in [1.807, 2.05) is 6.07 Å². The summed E-state index contributed by atoms with van der Waals surface area (Å²) in [6.07, 6.45) is 0. The quantitative estimate of drug-likeness (QED) is 0.863. The van der Waals surface area contributed by atoms with Crippen LogP contribution in [0.4, 0.5) is 0 Å². The smallest absolute Gasteiger partial charge is 0.207 e. The summed E-state index contributed by atoms with van der Waals surface area (Å²) in [7, 11) is -3.47. The molecule has 0 saturated carbocycles. The average molecular weight is 387 g/mol. The second kappa shape index (κ2) is 5.60. The van der Waals surface area contributed by atoms with Crippen molar-refractivity contribution in [2.24, 2.45) is 0 Å². The van der Waals surface area contributed by atoms with Crippen molar-refractivity contribution < 1.29 is 8.42 Å². The molecular weight excluding hydrogens is 378 g/mol. The Morgan fingerprint density at radius 1 is 1.39 bits per heavy atom. The molecule has 0 saturated heterocycles. The van der Waals surface area contributed by atoms with Gasteiger partial charge in [0.25, 0.3) is 0 Å². The van der Waals surface area contributed by atoms with E-state index in [0.717, 1.165) is 13.5 Å². The van der Waals surface area contributed by atoms with Gasteiger partial charge in [0.1, 0.15) is 0 Å². The van der Waals surface area contributed by atoms with Crippen LogP contribution in [-0.2, 0) is 16.6 Å². The van der Waals surface area contributed by atoms with E-state index in [9.17, 15) is 8.42 Å². The minimum absolute atomic E-state index is 0.257. The van der Waals surface area contributed by atoms with E-state index in [4.69, 9.17) is 11.6 Å². The zero-order chi connectivity index (χ0) is 13.3. The lowest BCUT2D eigenvalue weighted by molar-refractivity contribution is 0.581. The Balaban J connectivity index is 2.15. The predicted octanol–water partition coefficient (Wildman–Crippen LogP) is 4.01. The maximum Gasteiger partial charge on any atom is 0.242 e. The third-order valence-electron chi connectivity index (χ3n) is 2.20.